The third kappa shape index (κ3) is 1.95. The van der Waals surface area contributed by atoms with Gasteiger partial charge in [0.05, 0.1) is 7.11 Å². The Labute approximate surface area is 93.6 Å². The molecule has 1 aromatic carbocycles. The highest BCUT2D eigenvalue weighted by Gasteiger charge is 2.04. The van der Waals surface area contributed by atoms with Gasteiger partial charge in [-0.05, 0) is 40.8 Å². The molecule has 0 radical (unpaired) electrons. The van der Waals surface area contributed by atoms with Crippen molar-refractivity contribution in [2.24, 2.45) is 0 Å². The van der Waals surface area contributed by atoms with Crippen LogP contribution in [0.15, 0.2) is 42.3 Å². The van der Waals surface area contributed by atoms with Crippen LogP contribution in [0.1, 0.15) is 5.56 Å². The molecular formula is C13H12OS. The zero-order valence-electron chi connectivity index (χ0n) is 8.57. The number of ether oxygens (including phenoxy) is 1. The topological polar surface area (TPSA) is 9.23 Å². The van der Waals surface area contributed by atoms with Crippen molar-refractivity contribution in [1.29, 1.82) is 0 Å². The zero-order valence-corrected chi connectivity index (χ0v) is 9.38. The summed E-state index contributed by atoms with van der Waals surface area (Å²) in [5, 5.41) is 2.08. The minimum Gasteiger partial charge on any atom is -0.497 e. The molecule has 0 N–H and O–H groups in total. The Balaban J connectivity index is 2.52. The third-order valence-corrected chi connectivity index (χ3v) is 3.17. The van der Waals surface area contributed by atoms with Gasteiger partial charge >= 0.3 is 0 Å². The fraction of sp³-hybridized carbons (Fsp3) is 0.0769. The predicted octanol–water partition coefficient (Wildman–Crippen LogP) is 4.07. The fourth-order valence-corrected chi connectivity index (χ4v) is 2.27. The Kier molecular flexibility index (Phi) is 2.88. The summed E-state index contributed by atoms with van der Waals surface area (Å²) in [4.78, 5) is 1.26. The van der Waals surface area contributed by atoms with Crippen LogP contribution in [0.3, 0.4) is 0 Å². The van der Waals surface area contributed by atoms with Gasteiger partial charge in [0.25, 0.3) is 0 Å². The standard InChI is InChI=1S/C13H12OS/c1-3-10-9-11(14-2)6-7-12(10)13-5-4-8-15-13/h3-9H,1H2,2H3. The van der Waals surface area contributed by atoms with Gasteiger partial charge in [-0.25, -0.2) is 0 Å². The molecule has 0 aliphatic rings. The van der Waals surface area contributed by atoms with Crippen molar-refractivity contribution in [1.82, 2.24) is 0 Å². The van der Waals surface area contributed by atoms with Crippen LogP contribution >= 0.6 is 11.3 Å². The molecule has 0 unspecified atom stereocenters. The maximum Gasteiger partial charge on any atom is 0.119 e. The van der Waals surface area contributed by atoms with Gasteiger partial charge in [0, 0.05) is 4.88 Å². The molecule has 0 saturated carbocycles. The Morgan fingerprint density at radius 3 is 2.80 bits per heavy atom. The lowest BCUT2D eigenvalue weighted by Crippen LogP contribution is -1.85. The first-order chi connectivity index (χ1) is 7.35. The van der Waals surface area contributed by atoms with E-state index in [2.05, 4.69) is 30.2 Å². The number of hydrogen-bond donors (Lipinski definition) is 0. The summed E-state index contributed by atoms with van der Waals surface area (Å²) in [5.41, 5.74) is 2.32. The summed E-state index contributed by atoms with van der Waals surface area (Å²) in [6, 6.07) is 10.2. The van der Waals surface area contributed by atoms with E-state index in [0.29, 0.717) is 0 Å². The van der Waals surface area contributed by atoms with Gasteiger partial charge in [-0.15, -0.1) is 11.3 Å². The number of rotatable bonds is 3. The van der Waals surface area contributed by atoms with Crippen LogP contribution in [-0.4, -0.2) is 7.11 Å². The molecule has 0 aliphatic heterocycles. The number of thiophene rings is 1. The summed E-state index contributed by atoms with van der Waals surface area (Å²) in [7, 11) is 1.67. The highest BCUT2D eigenvalue weighted by Crippen LogP contribution is 2.31. The van der Waals surface area contributed by atoms with Gasteiger partial charge in [-0.1, -0.05) is 18.7 Å². The smallest absolute Gasteiger partial charge is 0.119 e. The summed E-state index contributed by atoms with van der Waals surface area (Å²) in [6.45, 7) is 3.83. The maximum atomic E-state index is 5.18. The van der Waals surface area contributed by atoms with E-state index in [1.165, 1.54) is 10.4 Å². The molecule has 76 valence electrons. The van der Waals surface area contributed by atoms with Crippen molar-refractivity contribution in [3.63, 3.8) is 0 Å². The molecule has 0 amide bonds. The van der Waals surface area contributed by atoms with E-state index in [1.807, 2.05) is 18.2 Å². The number of hydrogen-bond acceptors (Lipinski definition) is 2. The van der Waals surface area contributed by atoms with Crippen molar-refractivity contribution in [3.05, 3.63) is 47.9 Å². The van der Waals surface area contributed by atoms with E-state index in [-0.39, 0.29) is 0 Å². The first-order valence-electron chi connectivity index (χ1n) is 4.69. The van der Waals surface area contributed by atoms with Crippen molar-refractivity contribution in [2.45, 2.75) is 0 Å². The Morgan fingerprint density at radius 2 is 2.20 bits per heavy atom. The van der Waals surface area contributed by atoms with Gasteiger partial charge in [-0.2, -0.15) is 0 Å². The molecule has 2 aromatic rings. The van der Waals surface area contributed by atoms with Gasteiger partial charge in [0.2, 0.25) is 0 Å². The minimum atomic E-state index is 0.866. The molecule has 0 saturated heterocycles. The Hall–Kier alpha value is -1.54. The predicted molar refractivity (Wildman–Crippen MR) is 66.4 cm³/mol. The number of benzene rings is 1. The molecule has 2 heteroatoms. The molecule has 0 aliphatic carbocycles. The van der Waals surface area contributed by atoms with Crippen molar-refractivity contribution < 1.29 is 4.74 Å². The summed E-state index contributed by atoms with van der Waals surface area (Å²) in [6.07, 6.45) is 1.86. The second kappa shape index (κ2) is 4.32. The molecule has 2 rings (SSSR count). The lowest BCUT2D eigenvalue weighted by Gasteiger charge is -2.06. The first-order valence-corrected chi connectivity index (χ1v) is 5.57. The van der Waals surface area contributed by atoms with Crippen LogP contribution in [0.2, 0.25) is 0 Å². The highest BCUT2D eigenvalue weighted by molar-refractivity contribution is 7.13. The minimum absolute atomic E-state index is 0.866. The monoisotopic (exact) mass is 216 g/mol. The van der Waals surface area contributed by atoms with Crippen molar-refractivity contribution >= 4 is 17.4 Å². The molecule has 0 bridgehead atoms. The van der Waals surface area contributed by atoms with Crippen molar-refractivity contribution in [3.8, 4) is 16.2 Å². The normalized spacial score (nSPS) is 9.93. The van der Waals surface area contributed by atoms with E-state index < -0.39 is 0 Å². The quantitative estimate of drug-likeness (QED) is 0.751. The van der Waals surface area contributed by atoms with Crippen molar-refractivity contribution in [2.75, 3.05) is 7.11 Å². The summed E-state index contributed by atoms with van der Waals surface area (Å²) in [5.74, 6) is 0.866. The van der Waals surface area contributed by atoms with Gasteiger partial charge in [-0.3, -0.25) is 0 Å². The summed E-state index contributed by atoms with van der Waals surface area (Å²) < 4.78 is 5.18. The highest BCUT2D eigenvalue weighted by atomic mass is 32.1. The lowest BCUT2D eigenvalue weighted by atomic mass is 10.1. The van der Waals surface area contributed by atoms with E-state index in [9.17, 15) is 0 Å². The van der Waals surface area contributed by atoms with E-state index in [1.54, 1.807) is 18.4 Å². The molecule has 0 atom stereocenters. The Morgan fingerprint density at radius 1 is 1.33 bits per heavy atom. The average molecular weight is 216 g/mol. The van der Waals surface area contributed by atoms with E-state index >= 15 is 0 Å². The average Bonchev–Trinajstić information content (AvgIpc) is 2.81. The van der Waals surface area contributed by atoms with Crippen LogP contribution in [0.25, 0.3) is 16.5 Å². The largest absolute Gasteiger partial charge is 0.497 e. The van der Waals surface area contributed by atoms with Crippen LogP contribution in [0, 0.1) is 0 Å². The second-order valence-electron chi connectivity index (χ2n) is 3.13. The SMILES string of the molecule is C=Cc1cc(OC)ccc1-c1cccs1. The first kappa shape index (κ1) is 9.99. The van der Waals surface area contributed by atoms with Crippen LogP contribution in [0.5, 0.6) is 5.75 Å². The lowest BCUT2D eigenvalue weighted by molar-refractivity contribution is 0.415. The van der Waals surface area contributed by atoms with Crippen LogP contribution in [0.4, 0.5) is 0 Å². The zero-order chi connectivity index (χ0) is 10.7. The molecule has 0 fully saturated rings. The third-order valence-electron chi connectivity index (χ3n) is 2.27. The second-order valence-corrected chi connectivity index (χ2v) is 4.08. The van der Waals surface area contributed by atoms with E-state index in [0.717, 1.165) is 11.3 Å². The number of methoxy groups -OCH3 is 1. The summed E-state index contributed by atoms with van der Waals surface area (Å²) >= 11 is 1.73. The molecule has 1 aromatic heterocycles. The van der Waals surface area contributed by atoms with E-state index in [4.69, 9.17) is 4.74 Å². The molecule has 15 heavy (non-hydrogen) atoms. The molecule has 1 heterocycles. The molecule has 1 nitrogen and oxygen atoms in total. The van der Waals surface area contributed by atoms with Crippen LogP contribution in [-0.2, 0) is 0 Å². The fourth-order valence-electron chi connectivity index (χ4n) is 1.49. The maximum absolute atomic E-state index is 5.18. The molecule has 0 spiro atoms. The Bertz CT molecular complexity index is 457. The van der Waals surface area contributed by atoms with Gasteiger partial charge < -0.3 is 4.74 Å². The van der Waals surface area contributed by atoms with Gasteiger partial charge in [0.1, 0.15) is 5.75 Å². The van der Waals surface area contributed by atoms with Gasteiger partial charge in [0.15, 0.2) is 0 Å². The molecular weight excluding hydrogens is 204 g/mol. The van der Waals surface area contributed by atoms with Crippen LogP contribution < -0.4 is 4.74 Å².